The Kier molecular flexibility index (Phi) is 7.52. The fraction of sp³-hybridized carbons (Fsp3) is 0.444. The first-order chi connectivity index (χ1) is 16.8. The molecular weight excluding hydrogens is 446 g/mol. The zero-order valence-corrected chi connectivity index (χ0v) is 20.6. The first kappa shape index (κ1) is 24.9. The summed E-state index contributed by atoms with van der Waals surface area (Å²) in [7, 11) is 1.57. The third kappa shape index (κ3) is 5.23. The van der Waals surface area contributed by atoms with E-state index >= 15 is 0 Å². The molecule has 3 amide bonds. The number of hydrogen-bond acceptors (Lipinski definition) is 5. The first-order valence-electron chi connectivity index (χ1n) is 12.0. The van der Waals surface area contributed by atoms with E-state index in [1.165, 1.54) is 0 Å². The van der Waals surface area contributed by atoms with Gasteiger partial charge in [0.05, 0.1) is 13.2 Å². The number of benzene rings is 2. The average molecular weight is 480 g/mol. The number of nitrogens with one attached hydrogen (secondary N) is 1. The van der Waals surface area contributed by atoms with Crippen LogP contribution in [0.25, 0.3) is 0 Å². The van der Waals surface area contributed by atoms with Crippen LogP contribution in [-0.4, -0.2) is 79.2 Å². The molecule has 2 saturated heterocycles. The number of piperidine rings is 1. The minimum absolute atomic E-state index is 0.0388. The van der Waals surface area contributed by atoms with Crippen molar-refractivity contribution >= 4 is 17.7 Å². The molecule has 2 heterocycles. The van der Waals surface area contributed by atoms with Crippen molar-refractivity contribution in [3.63, 3.8) is 0 Å². The molecule has 2 fully saturated rings. The van der Waals surface area contributed by atoms with E-state index in [0.29, 0.717) is 50.2 Å². The quantitative estimate of drug-likeness (QED) is 0.644. The molecule has 2 aliphatic heterocycles. The van der Waals surface area contributed by atoms with E-state index in [1.54, 1.807) is 29.0 Å². The highest BCUT2D eigenvalue weighted by atomic mass is 16.5. The molecule has 1 spiro atoms. The van der Waals surface area contributed by atoms with Gasteiger partial charge in [0.1, 0.15) is 11.8 Å². The minimum Gasteiger partial charge on any atom is -0.383 e. The van der Waals surface area contributed by atoms with Crippen LogP contribution in [0.5, 0.6) is 0 Å². The van der Waals surface area contributed by atoms with Crippen LogP contribution in [0.2, 0.25) is 0 Å². The number of hydrogen-bond donors (Lipinski definition) is 1. The van der Waals surface area contributed by atoms with E-state index < -0.39 is 11.8 Å². The van der Waals surface area contributed by atoms with Gasteiger partial charge in [0.25, 0.3) is 11.8 Å². The molecule has 186 valence electrons. The van der Waals surface area contributed by atoms with Gasteiger partial charge in [0, 0.05) is 50.7 Å². The second-order valence-electron chi connectivity index (χ2n) is 9.26. The van der Waals surface area contributed by atoms with Gasteiger partial charge in [-0.15, -0.1) is 0 Å². The molecule has 1 unspecified atom stereocenters. The predicted molar refractivity (Wildman–Crippen MR) is 131 cm³/mol. The van der Waals surface area contributed by atoms with Gasteiger partial charge in [-0.1, -0.05) is 35.4 Å². The Morgan fingerprint density at radius 1 is 0.943 bits per heavy atom. The predicted octanol–water partition coefficient (Wildman–Crippen LogP) is 2.54. The van der Waals surface area contributed by atoms with Gasteiger partial charge < -0.3 is 19.7 Å². The van der Waals surface area contributed by atoms with Crippen LogP contribution in [0, 0.1) is 13.8 Å². The van der Waals surface area contributed by atoms with E-state index in [0.717, 1.165) is 11.1 Å². The summed E-state index contributed by atoms with van der Waals surface area (Å²) < 4.78 is 11.3. The van der Waals surface area contributed by atoms with Crippen molar-refractivity contribution in [3.8, 4) is 0 Å². The number of carbonyl (C=O) groups is 3. The maximum atomic E-state index is 13.7. The molecule has 8 heteroatoms. The van der Waals surface area contributed by atoms with E-state index in [2.05, 4.69) is 5.32 Å². The monoisotopic (exact) mass is 479 g/mol. The normalized spacial score (nSPS) is 19.1. The zero-order valence-electron chi connectivity index (χ0n) is 20.6. The summed E-state index contributed by atoms with van der Waals surface area (Å²) >= 11 is 0. The summed E-state index contributed by atoms with van der Waals surface area (Å²) in [4.78, 5) is 43.2. The molecule has 2 aromatic carbocycles. The Balaban J connectivity index is 1.54. The summed E-state index contributed by atoms with van der Waals surface area (Å²) in [5, 5.41) is 2.84. The lowest BCUT2D eigenvalue weighted by Gasteiger charge is -2.44. The fourth-order valence-electron chi connectivity index (χ4n) is 4.73. The summed E-state index contributed by atoms with van der Waals surface area (Å²) in [6.45, 7) is 5.66. The van der Waals surface area contributed by atoms with Crippen molar-refractivity contribution in [1.29, 1.82) is 0 Å². The zero-order chi connectivity index (χ0) is 25.0. The SMILES string of the molecule is COCCNC(=O)C1COC2(CCN(C(=O)c3ccc(C)cc3)CC2)N1C(=O)c1ccc(C)cc1. The van der Waals surface area contributed by atoms with Crippen molar-refractivity contribution in [2.45, 2.75) is 38.5 Å². The van der Waals surface area contributed by atoms with Crippen molar-refractivity contribution in [2.75, 3.05) is 40.0 Å². The largest absolute Gasteiger partial charge is 0.383 e. The lowest BCUT2D eigenvalue weighted by molar-refractivity contribution is -0.128. The number of aryl methyl sites for hydroxylation is 2. The third-order valence-corrected chi connectivity index (χ3v) is 6.82. The number of methoxy groups -OCH3 is 1. The molecule has 0 saturated carbocycles. The maximum absolute atomic E-state index is 13.7. The van der Waals surface area contributed by atoms with Gasteiger partial charge in [-0.2, -0.15) is 0 Å². The van der Waals surface area contributed by atoms with Crippen molar-refractivity contribution in [2.24, 2.45) is 0 Å². The molecule has 0 aliphatic carbocycles. The van der Waals surface area contributed by atoms with Crippen LogP contribution in [0.4, 0.5) is 0 Å². The second-order valence-corrected chi connectivity index (χ2v) is 9.26. The molecule has 1 N–H and O–H groups in total. The van der Waals surface area contributed by atoms with Crippen LogP contribution < -0.4 is 5.32 Å². The van der Waals surface area contributed by atoms with Gasteiger partial charge in [-0.05, 0) is 38.1 Å². The highest BCUT2D eigenvalue weighted by Crippen LogP contribution is 2.38. The van der Waals surface area contributed by atoms with Crippen LogP contribution in [-0.2, 0) is 14.3 Å². The molecule has 8 nitrogen and oxygen atoms in total. The number of amides is 3. The van der Waals surface area contributed by atoms with Gasteiger partial charge in [-0.25, -0.2) is 0 Å². The average Bonchev–Trinajstić information content (AvgIpc) is 3.23. The molecule has 35 heavy (non-hydrogen) atoms. The Hall–Kier alpha value is -3.23. The third-order valence-electron chi connectivity index (χ3n) is 6.82. The number of nitrogens with zero attached hydrogens (tertiary/aromatic N) is 2. The summed E-state index contributed by atoms with van der Waals surface area (Å²) in [5.74, 6) is -0.548. The number of ether oxygens (including phenoxy) is 2. The van der Waals surface area contributed by atoms with Crippen LogP contribution >= 0.6 is 0 Å². The number of carbonyl (C=O) groups excluding carboxylic acids is 3. The highest BCUT2D eigenvalue weighted by Gasteiger charge is 2.54. The van der Waals surface area contributed by atoms with E-state index in [-0.39, 0.29) is 24.3 Å². The fourth-order valence-corrected chi connectivity index (χ4v) is 4.73. The molecule has 4 rings (SSSR count). The summed E-state index contributed by atoms with van der Waals surface area (Å²) in [5.41, 5.74) is 2.36. The maximum Gasteiger partial charge on any atom is 0.256 e. The topological polar surface area (TPSA) is 88.2 Å². The molecule has 0 radical (unpaired) electrons. The van der Waals surface area contributed by atoms with E-state index in [1.807, 2.05) is 50.2 Å². The molecule has 0 bridgehead atoms. The summed E-state index contributed by atoms with van der Waals surface area (Å²) in [6, 6.07) is 14.1. The first-order valence-corrected chi connectivity index (χ1v) is 12.0. The van der Waals surface area contributed by atoms with Crippen molar-refractivity contribution < 1.29 is 23.9 Å². The van der Waals surface area contributed by atoms with Crippen molar-refractivity contribution in [3.05, 3.63) is 70.8 Å². The standard InChI is InChI=1S/C27H33N3O5/c1-19-4-8-21(9-5-19)25(32)29-15-12-27(13-16-29)30(26(33)22-10-6-20(2)7-11-22)23(18-35-27)24(31)28-14-17-34-3/h4-11,23H,12-18H2,1-3H3,(H,28,31). The van der Waals surface area contributed by atoms with Crippen LogP contribution in [0.1, 0.15) is 44.7 Å². The second kappa shape index (κ2) is 10.6. The minimum atomic E-state index is -0.935. The Morgan fingerprint density at radius 3 is 2.03 bits per heavy atom. The lowest BCUT2D eigenvalue weighted by atomic mass is 9.96. The lowest BCUT2D eigenvalue weighted by Crippen LogP contribution is -2.60. The van der Waals surface area contributed by atoms with Crippen LogP contribution in [0.15, 0.2) is 48.5 Å². The number of rotatable bonds is 6. The highest BCUT2D eigenvalue weighted by molar-refractivity contribution is 5.98. The van der Waals surface area contributed by atoms with Gasteiger partial charge >= 0.3 is 0 Å². The summed E-state index contributed by atoms with van der Waals surface area (Å²) in [6.07, 6.45) is 0.869. The van der Waals surface area contributed by atoms with Gasteiger partial charge in [0.15, 0.2) is 0 Å². The Labute approximate surface area is 206 Å². The molecule has 2 aliphatic rings. The molecule has 2 aromatic rings. The van der Waals surface area contributed by atoms with Crippen molar-refractivity contribution in [1.82, 2.24) is 15.1 Å². The smallest absolute Gasteiger partial charge is 0.256 e. The van der Waals surface area contributed by atoms with Gasteiger partial charge in [-0.3, -0.25) is 19.3 Å². The van der Waals surface area contributed by atoms with Crippen LogP contribution in [0.3, 0.4) is 0 Å². The number of likely N-dealkylation sites (tertiary alicyclic amines) is 1. The van der Waals surface area contributed by atoms with Gasteiger partial charge in [0.2, 0.25) is 5.91 Å². The Bertz CT molecular complexity index is 1060. The van der Waals surface area contributed by atoms with E-state index in [4.69, 9.17) is 9.47 Å². The molecule has 1 atom stereocenters. The molecular formula is C27H33N3O5. The molecule has 0 aromatic heterocycles. The van der Waals surface area contributed by atoms with E-state index in [9.17, 15) is 14.4 Å². The Morgan fingerprint density at radius 2 is 1.49 bits per heavy atom.